The fourth-order valence-electron chi connectivity index (χ4n) is 1.82. The number of Topliss-reactive ketones (excluding diaryl/α,β-unsaturated/α-hetero) is 1. The van der Waals surface area contributed by atoms with Gasteiger partial charge in [0, 0.05) is 6.42 Å². The predicted molar refractivity (Wildman–Crippen MR) is 61.3 cm³/mol. The number of methoxy groups -OCH3 is 1. The topological polar surface area (TPSA) is 26.3 Å². The highest BCUT2D eigenvalue weighted by Crippen LogP contribution is 2.31. The molecule has 0 aliphatic rings. The van der Waals surface area contributed by atoms with Crippen molar-refractivity contribution in [2.75, 3.05) is 7.11 Å². The molecule has 15 heavy (non-hydrogen) atoms. The lowest BCUT2D eigenvalue weighted by atomic mass is 9.91. The van der Waals surface area contributed by atoms with E-state index in [0.717, 1.165) is 17.7 Å². The molecule has 1 aromatic rings. The zero-order valence-electron chi connectivity index (χ0n) is 9.62. The summed E-state index contributed by atoms with van der Waals surface area (Å²) in [6.07, 6.45) is 1.55. The summed E-state index contributed by atoms with van der Waals surface area (Å²) in [6.45, 7) is 3.73. The summed E-state index contributed by atoms with van der Waals surface area (Å²) in [5.74, 6) is 1.39. The molecule has 82 valence electrons. The maximum Gasteiger partial charge on any atom is 0.130 e. The summed E-state index contributed by atoms with van der Waals surface area (Å²) in [5.41, 5.74) is 1.14. The van der Waals surface area contributed by atoms with E-state index in [2.05, 4.69) is 6.92 Å². The monoisotopic (exact) mass is 206 g/mol. The maximum atomic E-state index is 11.1. The minimum absolute atomic E-state index is 0.229. The summed E-state index contributed by atoms with van der Waals surface area (Å²) in [7, 11) is 1.67. The van der Waals surface area contributed by atoms with Crippen LogP contribution in [0.2, 0.25) is 0 Å². The third-order valence-corrected chi connectivity index (χ3v) is 2.61. The van der Waals surface area contributed by atoms with Crippen molar-refractivity contribution in [1.82, 2.24) is 0 Å². The lowest BCUT2D eigenvalue weighted by molar-refractivity contribution is -0.117. The van der Waals surface area contributed by atoms with Gasteiger partial charge in [0.2, 0.25) is 0 Å². The molecule has 0 aromatic heterocycles. The quantitative estimate of drug-likeness (QED) is 0.739. The molecular weight excluding hydrogens is 188 g/mol. The number of hydrogen-bond acceptors (Lipinski definition) is 2. The van der Waals surface area contributed by atoms with Gasteiger partial charge >= 0.3 is 0 Å². The molecule has 0 saturated carbocycles. The fourth-order valence-corrected chi connectivity index (χ4v) is 1.82. The second-order valence-corrected chi connectivity index (χ2v) is 3.75. The van der Waals surface area contributed by atoms with E-state index in [0.29, 0.717) is 6.42 Å². The third-order valence-electron chi connectivity index (χ3n) is 2.61. The molecule has 2 nitrogen and oxygen atoms in total. The highest BCUT2D eigenvalue weighted by molar-refractivity contribution is 5.76. The first-order chi connectivity index (χ1) is 7.19. The number of ether oxygens (including phenoxy) is 1. The van der Waals surface area contributed by atoms with Crippen molar-refractivity contribution in [3.8, 4) is 5.75 Å². The van der Waals surface area contributed by atoms with Crippen LogP contribution in [0.15, 0.2) is 24.3 Å². The summed E-state index contributed by atoms with van der Waals surface area (Å²) in [4.78, 5) is 11.1. The van der Waals surface area contributed by atoms with Crippen LogP contribution in [-0.2, 0) is 4.79 Å². The van der Waals surface area contributed by atoms with Crippen LogP contribution in [0.25, 0.3) is 0 Å². The van der Waals surface area contributed by atoms with E-state index < -0.39 is 0 Å². The third kappa shape index (κ3) is 3.08. The Morgan fingerprint density at radius 2 is 2.07 bits per heavy atom. The maximum absolute atomic E-state index is 11.1. The highest BCUT2D eigenvalue weighted by Gasteiger charge is 2.15. The highest BCUT2D eigenvalue weighted by atomic mass is 16.5. The van der Waals surface area contributed by atoms with E-state index in [9.17, 15) is 4.79 Å². The first-order valence-electron chi connectivity index (χ1n) is 5.31. The Morgan fingerprint density at radius 3 is 2.60 bits per heavy atom. The van der Waals surface area contributed by atoms with Crippen molar-refractivity contribution < 1.29 is 9.53 Å². The van der Waals surface area contributed by atoms with Crippen molar-refractivity contribution >= 4 is 5.78 Å². The van der Waals surface area contributed by atoms with E-state index in [1.165, 1.54) is 0 Å². The molecule has 0 fully saturated rings. The number of rotatable bonds is 5. The summed E-state index contributed by atoms with van der Waals surface area (Å²) in [6, 6.07) is 7.91. The van der Waals surface area contributed by atoms with E-state index >= 15 is 0 Å². The molecule has 0 saturated heterocycles. The van der Waals surface area contributed by atoms with Crippen molar-refractivity contribution in [3.05, 3.63) is 29.8 Å². The summed E-state index contributed by atoms with van der Waals surface area (Å²) < 4.78 is 5.30. The van der Waals surface area contributed by atoms with Crippen molar-refractivity contribution in [2.45, 2.75) is 32.6 Å². The molecule has 1 aromatic carbocycles. The lowest BCUT2D eigenvalue weighted by Crippen LogP contribution is -2.05. The summed E-state index contributed by atoms with van der Waals surface area (Å²) >= 11 is 0. The second-order valence-electron chi connectivity index (χ2n) is 3.75. The zero-order chi connectivity index (χ0) is 11.3. The molecule has 0 heterocycles. The molecular formula is C13H18O2. The minimum atomic E-state index is 0.229. The van der Waals surface area contributed by atoms with E-state index in [1.807, 2.05) is 24.3 Å². The van der Waals surface area contributed by atoms with Crippen molar-refractivity contribution in [3.63, 3.8) is 0 Å². The Bertz CT molecular complexity index is 331. The van der Waals surface area contributed by atoms with Gasteiger partial charge in [0.05, 0.1) is 7.11 Å². The van der Waals surface area contributed by atoms with E-state index in [1.54, 1.807) is 14.0 Å². The molecule has 0 bridgehead atoms. The standard InChI is InChI=1S/C13H18O2/c1-4-11(9-10(2)14)12-7-5-6-8-13(12)15-3/h5-8,11H,4,9H2,1-3H3/t11-/m0/s1. The van der Waals surface area contributed by atoms with Crippen LogP contribution in [0.4, 0.5) is 0 Å². The SMILES string of the molecule is CC[C@@H](CC(C)=O)c1ccccc1OC. The average Bonchev–Trinajstić information content (AvgIpc) is 2.25. The normalized spacial score (nSPS) is 12.2. The van der Waals surface area contributed by atoms with Gasteiger partial charge in [0.15, 0.2) is 0 Å². The molecule has 0 unspecified atom stereocenters. The molecule has 0 spiro atoms. The van der Waals surface area contributed by atoms with Crippen LogP contribution in [-0.4, -0.2) is 12.9 Å². The Kier molecular flexibility index (Phi) is 4.35. The molecule has 0 aliphatic carbocycles. The van der Waals surface area contributed by atoms with Gasteiger partial charge in [-0.2, -0.15) is 0 Å². The molecule has 2 heteroatoms. The van der Waals surface area contributed by atoms with Gasteiger partial charge in [-0.05, 0) is 30.9 Å². The Morgan fingerprint density at radius 1 is 1.40 bits per heavy atom. The van der Waals surface area contributed by atoms with Crippen LogP contribution in [0.1, 0.15) is 38.2 Å². The van der Waals surface area contributed by atoms with Gasteiger partial charge in [-0.25, -0.2) is 0 Å². The van der Waals surface area contributed by atoms with Crippen molar-refractivity contribution in [1.29, 1.82) is 0 Å². The fraction of sp³-hybridized carbons (Fsp3) is 0.462. The number of para-hydroxylation sites is 1. The molecule has 0 amide bonds. The Hall–Kier alpha value is -1.31. The first-order valence-corrected chi connectivity index (χ1v) is 5.31. The largest absolute Gasteiger partial charge is 0.496 e. The zero-order valence-corrected chi connectivity index (χ0v) is 9.62. The van der Waals surface area contributed by atoms with Crippen molar-refractivity contribution in [2.24, 2.45) is 0 Å². The van der Waals surface area contributed by atoms with E-state index in [-0.39, 0.29) is 11.7 Å². The van der Waals surface area contributed by atoms with Gasteiger partial charge in [0.1, 0.15) is 11.5 Å². The van der Waals surface area contributed by atoms with Gasteiger partial charge in [-0.1, -0.05) is 25.1 Å². The van der Waals surface area contributed by atoms with Gasteiger partial charge in [-0.3, -0.25) is 0 Å². The smallest absolute Gasteiger partial charge is 0.130 e. The van der Waals surface area contributed by atoms with Gasteiger partial charge in [0.25, 0.3) is 0 Å². The molecule has 1 atom stereocenters. The number of carbonyl (C=O) groups is 1. The van der Waals surface area contributed by atoms with Crippen LogP contribution < -0.4 is 4.74 Å². The molecule has 1 rings (SSSR count). The number of hydrogen-bond donors (Lipinski definition) is 0. The van der Waals surface area contributed by atoms with Crippen LogP contribution in [0, 0.1) is 0 Å². The first kappa shape index (κ1) is 11.8. The molecule has 0 aliphatic heterocycles. The summed E-state index contributed by atoms with van der Waals surface area (Å²) in [5, 5.41) is 0. The van der Waals surface area contributed by atoms with E-state index in [4.69, 9.17) is 4.74 Å². The van der Waals surface area contributed by atoms with Crippen LogP contribution in [0.5, 0.6) is 5.75 Å². The van der Waals surface area contributed by atoms with Gasteiger partial charge in [-0.15, -0.1) is 0 Å². The van der Waals surface area contributed by atoms with Crippen LogP contribution >= 0.6 is 0 Å². The average molecular weight is 206 g/mol. The second kappa shape index (κ2) is 5.54. The number of ketones is 1. The number of carbonyl (C=O) groups excluding carboxylic acids is 1. The number of benzene rings is 1. The molecule has 0 N–H and O–H groups in total. The minimum Gasteiger partial charge on any atom is -0.496 e. The predicted octanol–water partition coefficient (Wildman–Crippen LogP) is 3.17. The Balaban J connectivity index is 2.95. The lowest BCUT2D eigenvalue weighted by Gasteiger charge is -2.16. The van der Waals surface area contributed by atoms with Crippen LogP contribution in [0.3, 0.4) is 0 Å². The van der Waals surface area contributed by atoms with Gasteiger partial charge < -0.3 is 9.53 Å². The Labute approximate surface area is 91.3 Å². The molecule has 0 radical (unpaired) electrons.